The van der Waals surface area contributed by atoms with Crippen LogP contribution in [-0.2, 0) is 22.4 Å². The normalized spacial score (nSPS) is 19.0. The molecule has 0 radical (unpaired) electrons. The van der Waals surface area contributed by atoms with E-state index < -0.39 is 12.0 Å². The van der Waals surface area contributed by atoms with E-state index in [1.807, 2.05) is 6.92 Å². The number of hydrogen-bond donors (Lipinski definition) is 2. The first-order chi connectivity index (χ1) is 14.0. The van der Waals surface area contributed by atoms with E-state index in [0.29, 0.717) is 17.0 Å². The molecule has 0 spiro atoms. The van der Waals surface area contributed by atoms with E-state index in [9.17, 15) is 9.59 Å². The molecule has 0 aromatic carbocycles. The Hall–Kier alpha value is -2.13. The molecular formula is C20H24N4O3S2. The van der Waals surface area contributed by atoms with Crippen LogP contribution in [0.1, 0.15) is 43.0 Å². The molecule has 3 heterocycles. The lowest BCUT2D eigenvalue weighted by atomic mass is 9.97. The molecule has 29 heavy (non-hydrogen) atoms. The number of aryl methyl sites for hydroxylation is 3. The van der Waals surface area contributed by atoms with E-state index in [1.54, 1.807) is 25.2 Å². The second kappa shape index (κ2) is 8.31. The van der Waals surface area contributed by atoms with Crippen LogP contribution in [0.2, 0.25) is 0 Å². The van der Waals surface area contributed by atoms with Gasteiger partial charge in [-0.1, -0.05) is 11.8 Å². The largest absolute Gasteiger partial charge is 0.463 e. The summed E-state index contributed by atoms with van der Waals surface area (Å²) < 4.78 is 5.20. The van der Waals surface area contributed by atoms with Crippen molar-refractivity contribution in [1.82, 2.24) is 20.6 Å². The number of urea groups is 1. The molecule has 1 atom stereocenters. The quantitative estimate of drug-likeness (QED) is 0.427. The summed E-state index contributed by atoms with van der Waals surface area (Å²) in [6.45, 7) is 5.75. The Labute approximate surface area is 177 Å². The number of rotatable bonds is 5. The van der Waals surface area contributed by atoms with Crippen LogP contribution in [0.25, 0.3) is 10.2 Å². The third-order valence-electron chi connectivity index (χ3n) is 5.11. The van der Waals surface area contributed by atoms with E-state index in [1.165, 1.54) is 35.0 Å². The third kappa shape index (κ3) is 3.98. The minimum absolute atomic E-state index is 0.288. The first-order valence-corrected chi connectivity index (χ1v) is 11.7. The lowest BCUT2D eigenvalue weighted by Crippen LogP contribution is -2.49. The zero-order valence-electron chi connectivity index (χ0n) is 16.8. The van der Waals surface area contributed by atoms with Crippen LogP contribution < -0.4 is 10.6 Å². The summed E-state index contributed by atoms with van der Waals surface area (Å²) in [6.07, 6.45) is 4.58. The summed E-state index contributed by atoms with van der Waals surface area (Å²) in [5, 5.41) is 7.59. The van der Waals surface area contributed by atoms with Crippen LogP contribution in [0.15, 0.2) is 16.3 Å². The number of hydrogen-bond acceptors (Lipinski definition) is 7. The zero-order chi connectivity index (χ0) is 20.5. The van der Waals surface area contributed by atoms with Gasteiger partial charge in [-0.2, -0.15) is 0 Å². The maximum absolute atomic E-state index is 12.4. The van der Waals surface area contributed by atoms with Crippen molar-refractivity contribution in [3.05, 3.63) is 27.5 Å². The number of esters is 1. The SMILES string of the molecule is CCOC(=O)C1=C(CSc2nc(C)nc3sc4c(c23)CCCC4)NC(=O)N[C@H]1C. The Morgan fingerprint density at radius 2 is 2.10 bits per heavy atom. The van der Waals surface area contributed by atoms with Gasteiger partial charge in [-0.15, -0.1) is 11.3 Å². The molecule has 7 nitrogen and oxygen atoms in total. The molecule has 154 valence electrons. The van der Waals surface area contributed by atoms with Gasteiger partial charge < -0.3 is 15.4 Å². The topological polar surface area (TPSA) is 93.2 Å². The standard InChI is InChI=1S/C20H24N4O3S2/c1-4-27-19(25)15-10(2)21-20(26)24-13(15)9-28-17-16-12-7-5-6-8-14(12)29-18(16)23-11(3)22-17/h10H,4-9H2,1-3H3,(H2,21,24,26)/t10-/m0/s1. The summed E-state index contributed by atoms with van der Waals surface area (Å²) in [6, 6.07) is -0.711. The maximum Gasteiger partial charge on any atom is 0.337 e. The molecule has 2 aliphatic rings. The molecule has 2 N–H and O–H groups in total. The predicted molar refractivity (Wildman–Crippen MR) is 114 cm³/mol. The summed E-state index contributed by atoms with van der Waals surface area (Å²) in [4.78, 5) is 36.3. The van der Waals surface area contributed by atoms with Gasteiger partial charge in [0.15, 0.2) is 0 Å². The highest BCUT2D eigenvalue weighted by atomic mass is 32.2. The highest BCUT2D eigenvalue weighted by molar-refractivity contribution is 7.99. The van der Waals surface area contributed by atoms with Gasteiger partial charge >= 0.3 is 12.0 Å². The molecule has 1 aliphatic carbocycles. The van der Waals surface area contributed by atoms with Gasteiger partial charge in [0.2, 0.25) is 0 Å². The van der Waals surface area contributed by atoms with Crippen LogP contribution in [0.5, 0.6) is 0 Å². The van der Waals surface area contributed by atoms with Gasteiger partial charge in [-0.05, 0) is 52.0 Å². The smallest absolute Gasteiger partial charge is 0.337 e. The number of thiophene rings is 1. The van der Waals surface area contributed by atoms with Crippen molar-refractivity contribution in [1.29, 1.82) is 0 Å². The zero-order valence-corrected chi connectivity index (χ0v) is 18.4. The number of nitrogens with zero attached hydrogens (tertiary/aromatic N) is 2. The van der Waals surface area contributed by atoms with E-state index >= 15 is 0 Å². The Morgan fingerprint density at radius 3 is 2.90 bits per heavy atom. The van der Waals surface area contributed by atoms with E-state index in [4.69, 9.17) is 9.72 Å². The second-order valence-corrected chi connectivity index (χ2v) is 9.24. The Bertz CT molecular complexity index is 1010. The van der Waals surface area contributed by atoms with Crippen molar-refractivity contribution < 1.29 is 14.3 Å². The number of amides is 2. The van der Waals surface area contributed by atoms with Gasteiger partial charge in [-0.3, -0.25) is 0 Å². The van der Waals surface area contributed by atoms with Crippen molar-refractivity contribution in [3.8, 4) is 0 Å². The molecule has 0 fully saturated rings. The number of carbonyl (C=O) groups excluding carboxylic acids is 2. The first kappa shape index (κ1) is 20.2. The minimum Gasteiger partial charge on any atom is -0.463 e. The molecule has 2 amide bonds. The minimum atomic E-state index is -0.403. The van der Waals surface area contributed by atoms with Gasteiger partial charge in [0.25, 0.3) is 0 Å². The highest BCUT2D eigenvalue weighted by Gasteiger charge is 2.30. The van der Waals surface area contributed by atoms with Crippen molar-refractivity contribution in [2.24, 2.45) is 0 Å². The lowest BCUT2D eigenvalue weighted by Gasteiger charge is -2.26. The average Bonchev–Trinajstić information content (AvgIpc) is 3.03. The van der Waals surface area contributed by atoms with Crippen molar-refractivity contribution >= 4 is 45.3 Å². The van der Waals surface area contributed by atoms with E-state index in [0.717, 1.165) is 33.9 Å². The molecule has 0 saturated heterocycles. The van der Waals surface area contributed by atoms with Gasteiger partial charge in [0.1, 0.15) is 15.7 Å². The number of thioether (sulfide) groups is 1. The second-order valence-electron chi connectivity index (χ2n) is 7.19. The highest BCUT2D eigenvalue weighted by Crippen LogP contribution is 2.40. The molecule has 0 bridgehead atoms. The summed E-state index contributed by atoms with van der Waals surface area (Å²) >= 11 is 3.31. The number of aromatic nitrogens is 2. The molecule has 2 aromatic heterocycles. The van der Waals surface area contributed by atoms with E-state index in [-0.39, 0.29) is 12.6 Å². The van der Waals surface area contributed by atoms with Crippen molar-refractivity contribution in [3.63, 3.8) is 0 Å². The maximum atomic E-state index is 12.4. The monoisotopic (exact) mass is 432 g/mol. The van der Waals surface area contributed by atoms with Crippen molar-refractivity contribution in [2.75, 3.05) is 12.4 Å². The molecule has 0 unspecified atom stereocenters. The average molecular weight is 433 g/mol. The van der Waals surface area contributed by atoms with Crippen molar-refractivity contribution in [2.45, 2.75) is 57.5 Å². The first-order valence-electron chi connectivity index (χ1n) is 9.87. The number of carbonyl (C=O) groups is 2. The number of fused-ring (bicyclic) bond motifs is 3. The van der Waals surface area contributed by atoms with Crippen LogP contribution in [0.3, 0.4) is 0 Å². The van der Waals surface area contributed by atoms with Gasteiger partial charge in [-0.25, -0.2) is 19.6 Å². The summed E-state index contributed by atoms with van der Waals surface area (Å²) in [5.74, 6) is 0.767. The fourth-order valence-electron chi connectivity index (χ4n) is 3.86. The van der Waals surface area contributed by atoms with Crippen LogP contribution in [0.4, 0.5) is 4.79 Å². The van der Waals surface area contributed by atoms with E-state index in [2.05, 4.69) is 15.6 Å². The number of nitrogens with one attached hydrogen (secondary N) is 2. The van der Waals surface area contributed by atoms with Crippen LogP contribution >= 0.6 is 23.1 Å². The molecule has 9 heteroatoms. The molecule has 4 rings (SSSR count). The fourth-order valence-corrected chi connectivity index (χ4v) is 6.30. The molecule has 0 saturated carbocycles. The molecule has 1 aliphatic heterocycles. The fraction of sp³-hybridized carbons (Fsp3) is 0.500. The Kier molecular flexibility index (Phi) is 5.78. The Morgan fingerprint density at radius 1 is 1.31 bits per heavy atom. The van der Waals surface area contributed by atoms with Crippen LogP contribution in [0, 0.1) is 6.92 Å². The molecule has 2 aromatic rings. The summed E-state index contributed by atoms with van der Waals surface area (Å²) in [5.41, 5.74) is 2.42. The van der Waals surface area contributed by atoms with Crippen LogP contribution in [-0.4, -0.2) is 40.4 Å². The van der Waals surface area contributed by atoms with Gasteiger partial charge in [0, 0.05) is 21.7 Å². The number of ether oxygens (including phenoxy) is 1. The molecular weight excluding hydrogens is 408 g/mol. The summed E-state index contributed by atoms with van der Waals surface area (Å²) in [7, 11) is 0. The lowest BCUT2D eigenvalue weighted by molar-refractivity contribution is -0.138. The predicted octanol–water partition coefficient (Wildman–Crippen LogP) is 3.49. The third-order valence-corrected chi connectivity index (χ3v) is 7.30. The van der Waals surface area contributed by atoms with Gasteiger partial charge in [0.05, 0.1) is 18.2 Å². The Balaban J connectivity index is 1.69.